The molecule has 0 spiro atoms. The van der Waals surface area contributed by atoms with Gasteiger partial charge in [-0.25, -0.2) is 0 Å². The number of primary amides is 1. The summed E-state index contributed by atoms with van der Waals surface area (Å²) >= 11 is 0. The van der Waals surface area contributed by atoms with Gasteiger partial charge in [-0.3, -0.25) is 38.4 Å². The van der Waals surface area contributed by atoms with E-state index in [-0.39, 0.29) is 25.8 Å². The topological polar surface area (TPSA) is 297 Å². The third kappa shape index (κ3) is 11.8. The van der Waals surface area contributed by atoms with Crippen LogP contribution in [0, 0.1) is 5.92 Å². The molecule has 1 fully saturated rings. The second-order valence-electron chi connectivity index (χ2n) is 14.0. The zero-order chi connectivity index (χ0) is 40.9. The number of aromatic nitrogens is 1. The van der Waals surface area contributed by atoms with Crippen LogP contribution in [0.2, 0.25) is 0 Å². The molecule has 0 radical (unpaired) electrons. The lowest BCUT2D eigenvalue weighted by Crippen LogP contribution is -2.62. The Morgan fingerprint density at radius 2 is 1.18 bits per heavy atom. The van der Waals surface area contributed by atoms with Crippen molar-refractivity contribution in [2.45, 2.75) is 88.6 Å². The number of carboxylic acid groups (broad SMARTS) is 1. The predicted octanol–water partition coefficient (Wildman–Crippen LogP) is -1.38. The molecule has 6 atom stereocenters. The molecule has 1 aliphatic heterocycles. The van der Waals surface area contributed by atoms with Crippen molar-refractivity contribution in [3.05, 3.63) is 71.9 Å². The summed E-state index contributed by atoms with van der Waals surface area (Å²) in [4.78, 5) is 110. The molecule has 0 aliphatic carbocycles. The summed E-state index contributed by atoms with van der Waals surface area (Å²) in [7, 11) is 0. The normalized spacial score (nSPS) is 23.1. The number of carbonyl (C=O) groups is 8. The first kappa shape index (κ1) is 42.4. The van der Waals surface area contributed by atoms with Crippen LogP contribution in [0.15, 0.2) is 60.8 Å². The molecule has 0 bridgehead atoms. The first-order valence-corrected chi connectivity index (χ1v) is 18.3. The van der Waals surface area contributed by atoms with Crippen molar-refractivity contribution in [3.8, 4) is 0 Å². The van der Waals surface area contributed by atoms with Crippen molar-refractivity contribution in [1.29, 1.82) is 0 Å². The van der Waals surface area contributed by atoms with Gasteiger partial charge in [-0.05, 0) is 42.5 Å². The number of amides is 7. The van der Waals surface area contributed by atoms with Crippen LogP contribution in [0.5, 0.6) is 0 Å². The number of nitrogens with one attached hydrogen (secondary N) is 7. The van der Waals surface area contributed by atoms with Gasteiger partial charge in [0.2, 0.25) is 41.4 Å². The van der Waals surface area contributed by atoms with Crippen LogP contribution in [-0.4, -0.2) is 100 Å². The molecule has 18 heteroatoms. The maximum absolute atomic E-state index is 14.1. The van der Waals surface area contributed by atoms with Crippen LogP contribution in [-0.2, 0) is 51.2 Å². The molecule has 3 aromatic rings. The van der Waals surface area contributed by atoms with Gasteiger partial charge in [0.05, 0.1) is 12.8 Å². The minimum atomic E-state index is -1.81. The number of aromatic amines is 1. The number of nitrogens with two attached hydrogens (primary N) is 2. The van der Waals surface area contributed by atoms with Gasteiger partial charge in [-0.2, -0.15) is 0 Å². The highest BCUT2D eigenvalue weighted by Crippen LogP contribution is 2.20. The molecule has 2 heterocycles. The standard InChI is InChI=1S/C38H49N9O9/c1-20(2)32-38(56)42-25(13-8-14-39)33(51)43-26(15-21-9-4-3-5-10-21)34(52)45-28(17-30(40)48)35(53)46-29(18-31(49)50)36(54)44-27(37(55)47-32)16-22-19-41-24-12-7-6-11-23(22)24/h3-7,9-12,19-20,25-29,32,41H,8,13-18,39H2,1-2H3,(H2,40,48)(H,42,56)(H,43,51)(H,44,54)(H,45,52)(H,46,53)(H,47,55)(H,49,50)/t25-,26+,27-,28-,29-,32-/m0/s1. The van der Waals surface area contributed by atoms with E-state index in [2.05, 4.69) is 36.9 Å². The van der Waals surface area contributed by atoms with E-state index in [4.69, 9.17) is 11.5 Å². The van der Waals surface area contributed by atoms with E-state index in [9.17, 15) is 43.5 Å². The Labute approximate surface area is 322 Å². The van der Waals surface area contributed by atoms with Gasteiger partial charge in [-0.15, -0.1) is 0 Å². The van der Waals surface area contributed by atoms with Gasteiger partial charge in [0, 0.05) is 29.9 Å². The van der Waals surface area contributed by atoms with E-state index in [1.165, 1.54) is 0 Å². The number of hydrogen-bond donors (Lipinski definition) is 10. The van der Waals surface area contributed by atoms with E-state index in [1.54, 1.807) is 74.6 Å². The Bertz CT molecular complexity index is 1920. The molecule has 2 aromatic carbocycles. The number of benzene rings is 2. The monoisotopic (exact) mass is 775 g/mol. The highest BCUT2D eigenvalue weighted by Gasteiger charge is 2.37. The quantitative estimate of drug-likeness (QED) is 0.103. The van der Waals surface area contributed by atoms with Crippen molar-refractivity contribution >= 4 is 58.2 Å². The van der Waals surface area contributed by atoms with Crippen molar-refractivity contribution in [2.75, 3.05) is 6.54 Å². The number of carboxylic acids is 1. The number of carbonyl (C=O) groups excluding carboxylic acids is 7. The summed E-state index contributed by atoms with van der Waals surface area (Å²) in [5, 5.41) is 25.7. The number of aliphatic carboxylic acids is 1. The molecular weight excluding hydrogens is 726 g/mol. The fourth-order valence-corrected chi connectivity index (χ4v) is 6.31. The molecular formula is C38H49N9O9. The number of rotatable bonds is 12. The molecule has 1 aromatic heterocycles. The van der Waals surface area contributed by atoms with Crippen LogP contribution < -0.4 is 43.4 Å². The number of fused-ring (bicyclic) bond motifs is 1. The third-order valence-corrected chi connectivity index (χ3v) is 9.27. The summed E-state index contributed by atoms with van der Waals surface area (Å²) in [6.07, 6.45) is 0.0566. The van der Waals surface area contributed by atoms with Gasteiger partial charge in [0.15, 0.2) is 0 Å². The fraction of sp³-hybridized carbons (Fsp3) is 0.421. The van der Waals surface area contributed by atoms with E-state index in [1.807, 2.05) is 0 Å². The van der Waals surface area contributed by atoms with E-state index in [0.29, 0.717) is 17.5 Å². The molecule has 18 nitrogen and oxygen atoms in total. The molecule has 0 saturated carbocycles. The minimum Gasteiger partial charge on any atom is -0.481 e. The highest BCUT2D eigenvalue weighted by molar-refractivity contribution is 6.00. The molecule has 1 aliphatic rings. The smallest absolute Gasteiger partial charge is 0.305 e. The highest BCUT2D eigenvalue weighted by atomic mass is 16.4. The van der Waals surface area contributed by atoms with Crippen molar-refractivity contribution in [1.82, 2.24) is 36.9 Å². The maximum Gasteiger partial charge on any atom is 0.305 e. The van der Waals surface area contributed by atoms with Crippen LogP contribution in [0.25, 0.3) is 10.9 Å². The predicted molar refractivity (Wildman–Crippen MR) is 203 cm³/mol. The van der Waals surface area contributed by atoms with Gasteiger partial charge >= 0.3 is 5.97 Å². The molecule has 1 saturated heterocycles. The molecule has 56 heavy (non-hydrogen) atoms. The summed E-state index contributed by atoms with van der Waals surface area (Å²) in [5.74, 6) is -8.48. The Kier molecular flexibility index (Phi) is 15.0. The molecule has 7 amide bonds. The third-order valence-electron chi connectivity index (χ3n) is 9.27. The second-order valence-corrected chi connectivity index (χ2v) is 14.0. The molecule has 12 N–H and O–H groups in total. The lowest BCUT2D eigenvalue weighted by molar-refractivity contribution is -0.142. The number of para-hydroxylation sites is 1. The lowest BCUT2D eigenvalue weighted by atomic mass is 9.99. The van der Waals surface area contributed by atoms with Crippen LogP contribution >= 0.6 is 0 Å². The van der Waals surface area contributed by atoms with E-state index < -0.39 is 102 Å². The fourth-order valence-electron chi connectivity index (χ4n) is 6.31. The van der Waals surface area contributed by atoms with Crippen LogP contribution in [0.3, 0.4) is 0 Å². The Morgan fingerprint density at radius 1 is 0.661 bits per heavy atom. The van der Waals surface area contributed by atoms with Gasteiger partial charge in [0.1, 0.15) is 36.3 Å². The molecule has 300 valence electrons. The average molecular weight is 776 g/mol. The van der Waals surface area contributed by atoms with Gasteiger partial charge in [-0.1, -0.05) is 62.4 Å². The van der Waals surface area contributed by atoms with Crippen molar-refractivity contribution < 1.29 is 43.5 Å². The Hall–Kier alpha value is -6.30. The zero-order valence-electron chi connectivity index (χ0n) is 31.1. The lowest BCUT2D eigenvalue weighted by Gasteiger charge is -2.30. The molecule has 4 rings (SSSR count). The van der Waals surface area contributed by atoms with Gasteiger partial charge in [0.25, 0.3) is 0 Å². The summed E-state index contributed by atoms with van der Waals surface area (Å²) < 4.78 is 0. The maximum atomic E-state index is 14.1. The van der Waals surface area contributed by atoms with E-state index in [0.717, 1.165) is 10.9 Å². The van der Waals surface area contributed by atoms with Gasteiger partial charge < -0.3 is 53.5 Å². The first-order valence-electron chi connectivity index (χ1n) is 18.3. The summed E-state index contributed by atoms with van der Waals surface area (Å²) in [6.45, 7) is 3.50. The van der Waals surface area contributed by atoms with E-state index >= 15 is 0 Å². The first-order chi connectivity index (χ1) is 26.7. The average Bonchev–Trinajstić information content (AvgIpc) is 3.56. The zero-order valence-corrected chi connectivity index (χ0v) is 31.1. The van der Waals surface area contributed by atoms with Crippen molar-refractivity contribution in [3.63, 3.8) is 0 Å². The largest absolute Gasteiger partial charge is 0.481 e. The van der Waals surface area contributed by atoms with Crippen LogP contribution in [0.1, 0.15) is 50.7 Å². The summed E-state index contributed by atoms with van der Waals surface area (Å²) in [5.41, 5.74) is 13.1. The Balaban J connectivity index is 1.79. The Morgan fingerprint density at radius 3 is 1.79 bits per heavy atom. The number of H-pyrrole nitrogens is 1. The second kappa shape index (κ2) is 19.9. The molecule has 0 unspecified atom stereocenters. The van der Waals surface area contributed by atoms with Crippen LogP contribution in [0.4, 0.5) is 0 Å². The minimum absolute atomic E-state index is 0.0590. The van der Waals surface area contributed by atoms with Crippen molar-refractivity contribution in [2.24, 2.45) is 17.4 Å². The number of hydrogen-bond acceptors (Lipinski definition) is 9. The summed E-state index contributed by atoms with van der Waals surface area (Å²) in [6, 6.07) is 6.98. The SMILES string of the molecule is CC(C)[C@@H]1NC(=O)[C@H](Cc2c[nH]c3ccccc23)NC(=O)[C@H](CC(=O)O)NC(=O)[C@H](CC(N)=O)NC(=O)[C@@H](Cc2ccccc2)NC(=O)[C@H](CCCN)NC1=O.